The van der Waals surface area contributed by atoms with Crippen molar-refractivity contribution in [3.63, 3.8) is 0 Å². The van der Waals surface area contributed by atoms with Crippen LogP contribution in [0.3, 0.4) is 0 Å². The smallest absolute Gasteiger partial charge is 0.227 e. The maximum Gasteiger partial charge on any atom is 0.227 e. The van der Waals surface area contributed by atoms with E-state index in [0.717, 1.165) is 21.4 Å². The standard InChI is InChI=1S/C15H11BrN2OS/c1-20-10-5-6-12(16)11(8-10)15-18-14(9-19-15)13-4-2-3-7-17-13/h2-9H,1H3. The van der Waals surface area contributed by atoms with Gasteiger partial charge in [-0.2, -0.15) is 0 Å². The molecule has 0 saturated heterocycles. The van der Waals surface area contributed by atoms with Gasteiger partial charge in [-0.3, -0.25) is 4.98 Å². The third-order valence-electron chi connectivity index (χ3n) is 2.84. The predicted molar refractivity (Wildman–Crippen MR) is 84.7 cm³/mol. The average Bonchev–Trinajstić information content (AvgIpc) is 2.98. The van der Waals surface area contributed by atoms with Crippen molar-refractivity contribution in [3.8, 4) is 22.8 Å². The molecule has 0 aliphatic rings. The van der Waals surface area contributed by atoms with E-state index in [2.05, 4.69) is 38.0 Å². The number of benzene rings is 1. The van der Waals surface area contributed by atoms with Gasteiger partial charge in [0.05, 0.1) is 11.3 Å². The lowest BCUT2D eigenvalue weighted by Gasteiger charge is -2.02. The van der Waals surface area contributed by atoms with Crippen LogP contribution in [0.2, 0.25) is 0 Å². The molecule has 3 aromatic rings. The first kappa shape index (κ1) is 13.4. The number of aromatic nitrogens is 2. The van der Waals surface area contributed by atoms with E-state index in [-0.39, 0.29) is 0 Å². The third kappa shape index (κ3) is 2.64. The van der Waals surface area contributed by atoms with Gasteiger partial charge in [-0.25, -0.2) is 4.98 Å². The molecule has 0 unspecified atom stereocenters. The van der Waals surface area contributed by atoms with Crippen molar-refractivity contribution in [1.29, 1.82) is 0 Å². The molecule has 0 N–H and O–H groups in total. The first-order valence-corrected chi connectivity index (χ1v) is 8.00. The van der Waals surface area contributed by atoms with Crippen molar-refractivity contribution in [2.24, 2.45) is 0 Å². The van der Waals surface area contributed by atoms with Crippen molar-refractivity contribution in [1.82, 2.24) is 9.97 Å². The van der Waals surface area contributed by atoms with Crippen molar-refractivity contribution in [2.75, 3.05) is 6.26 Å². The molecule has 0 fully saturated rings. The highest BCUT2D eigenvalue weighted by atomic mass is 79.9. The Kier molecular flexibility index (Phi) is 3.89. The molecule has 3 nitrogen and oxygen atoms in total. The molecule has 0 aliphatic heterocycles. The van der Waals surface area contributed by atoms with E-state index in [4.69, 9.17) is 4.42 Å². The van der Waals surface area contributed by atoms with Gasteiger partial charge in [0.25, 0.3) is 0 Å². The second-order valence-corrected chi connectivity index (χ2v) is 5.83. The fourth-order valence-electron chi connectivity index (χ4n) is 1.82. The molecule has 100 valence electrons. The van der Waals surface area contributed by atoms with Crippen LogP contribution in [0.4, 0.5) is 0 Å². The molecule has 0 bridgehead atoms. The zero-order valence-corrected chi connectivity index (χ0v) is 13.1. The summed E-state index contributed by atoms with van der Waals surface area (Å²) >= 11 is 5.22. The van der Waals surface area contributed by atoms with E-state index in [1.54, 1.807) is 24.2 Å². The number of hydrogen-bond donors (Lipinski definition) is 0. The number of nitrogens with zero attached hydrogens (tertiary/aromatic N) is 2. The fourth-order valence-corrected chi connectivity index (χ4v) is 2.68. The normalized spacial score (nSPS) is 10.7. The largest absolute Gasteiger partial charge is 0.444 e. The predicted octanol–water partition coefficient (Wildman–Crippen LogP) is 4.89. The summed E-state index contributed by atoms with van der Waals surface area (Å²) in [5.41, 5.74) is 2.49. The highest BCUT2D eigenvalue weighted by molar-refractivity contribution is 9.10. The number of hydrogen-bond acceptors (Lipinski definition) is 4. The number of oxazole rings is 1. The SMILES string of the molecule is CSc1ccc(Br)c(-c2nc(-c3ccccn3)co2)c1. The molecule has 0 amide bonds. The van der Waals surface area contributed by atoms with Gasteiger partial charge < -0.3 is 4.42 Å². The monoisotopic (exact) mass is 346 g/mol. The fraction of sp³-hybridized carbons (Fsp3) is 0.0667. The molecule has 0 atom stereocenters. The maximum atomic E-state index is 5.60. The lowest BCUT2D eigenvalue weighted by Crippen LogP contribution is -1.84. The first-order valence-electron chi connectivity index (χ1n) is 5.99. The molecular formula is C15H11BrN2OS. The Labute approximate surface area is 129 Å². The number of pyridine rings is 1. The minimum atomic E-state index is 0.591. The van der Waals surface area contributed by atoms with Gasteiger partial charge in [0.15, 0.2) is 0 Å². The van der Waals surface area contributed by atoms with Gasteiger partial charge in [-0.05, 0) is 52.5 Å². The highest BCUT2D eigenvalue weighted by Crippen LogP contribution is 2.32. The third-order valence-corrected chi connectivity index (χ3v) is 4.25. The second-order valence-electron chi connectivity index (χ2n) is 4.10. The highest BCUT2D eigenvalue weighted by Gasteiger charge is 2.12. The number of rotatable bonds is 3. The molecule has 0 spiro atoms. The minimum absolute atomic E-state index is 0.591. The van der Waals surface area contributed by atoms with E-state index in [0.29, 0.717) is 5.89 Å². The van der Waals surface area contributed by atoms with Crippen LogP contribution >= 0.6 is 27.7 Å². The molecule has 0 aliphatic carbocycles. The lowest BCUT2D eigenvalue weighted by atomic mass is 10.2. The zero-order valence-electron chi connectivity index (χ0n) is 10.7. The van der Waals surface area contributed by atoms with Gasteiger partial charge in [-0.1, -0.05) is 6.07 Å². The van der Waals surface area contributed by atoms with Gasteiger partial charge in [0.1, 0.15) is 12.0 Å². The van der Waals surface area contributed by atoms with E-state index >= 15 is 0 Å². The zero-order chi connectivity index (χ0) is 13.9. The number of thioether (sulfide) groups is 1. The lowest BCUT2D eigenvalue weighted by molar-refractivity contribution is 0.574. The molecule has 0 saturated carbocycles. The van der Waals surface area contributed by atoms with Gasteiger partial charge in [0, 0.05) is 15.6 Å². The summed E-state index contributed by atoms with van der Waals surface area (Å²) in [6, 6.07) is 11.8. The molecule has 5 heteroatoms. The van der Waals surface area contributed by atoms with Gasteiger partial charge >= 0.3 is 0 Å². The summed E-state index contributed by atoms with van der Waals surface area (Å²) in [6.45, 7) is 0. The Morgan fingerprint density at radius 2 is 2.05 bits per heavy atom. The Bertz CT molecular complexity index is 728. The van der Waals surface area contributed by atoms with Gasteiger partial charge in [-0.15, -0.1) is 11.8 Å². The quantitative estimate of drug-likeness (QED) is 0.633. The van der Waals surface area contributed by atoms with Crippen LogP contribution in [0.25, 0.3) is 22.8 Å². The summed E-state index contributed by atoms with van der Waals surface area (Å²) in [7, 11) is 0. The molecule has 0 radical (unpaired) electrons. The summed E-state index contributed by atoms with van der Waals surface area (Å²) < 4.78 is 6.56. The maximum absolute atomic E-state index is 5.60. The Morgan fingerprint density at radius 3 is 2.80 bits per heavy atom. The summed E-state index contributed by atoms with van der Waals surface area (Å²) in [4.78, 5) is 9.96. The Morgan fingerprint density at radius 1 is 1.15 bits per heavy atom. The van der Waals surface area contributed by atoms with Crippen LogP contribution in [0.15, 0.2) is 62.6 Å². The Hall–Kier alpha value is -1.59. The molecule has 2 heterocycles. The number of halogens is 1. The first-order chi connectivity index (χ1) is 9.78. The van der Waals surface area contributed by atoms with Crippen molar-refractivity contribution < 1.29 is 4.42 Å². The van der Waals surface area contributed by atoms with Crippen LogP contribution in [-0.4, -0.2) is 16.2 Å². The second kappa shape index (κ2) is 5.81. The van der Waals surface area contributed by atoms with Crippen molar-refractivity contribution in [3.05, 3.63) is 53.3 Å². The molecule has 3 rings (SSSR count). The van der Waals surface area contributed by atoms with Crippen LogP contribution in [-0.2, 0) is 0 Å². The Balaban J connectivity index is 2.02. The van der Waals surface area contributed by atoms with Gasteiger partial charge in [0.2, 0.25) is 5.89 Å². The van der Waals surface area contributed by atoms with Crippen LogP contribution in [0.5, 0.6) is 0 Å². The van der Waals surface area contributed by atoms with Crippen LogP contribution < -0.4 is 0 Å². The summed E-state index contributed by atoms with van der Waals surface area (Å²) in [6.07, 6.45) is 5.42. The topological polar surface area (TPSA) is 38.9 Å². The molecule has 1 aromatic carbocycles. The van der Waals surface area contributed by atoms with E-state index in [1.807, 2.05) is 30.5 Å². The van der Waals surface area contributed by atoms with E-state index in [1.165, 1.54) is 4.90 Å². The van der Waals surface area contributed by atoms with E-state index in [9.17, 15) is 0 Å². The summed E-state index contributed by atoms with van der Waals surface area (Å²) in [5, 5.41) is 0. The van der Waals surface area contributed by atoms with Crippen molar-refractivity contribution in [2.45, 2.75) is 4.90 Å². The molecule has 2 aromatic heterocycles. The van der Waals surface area contributed by atoms with Crippen LogP contribution in [0, 0.1) is 0 Å². The minimum Gasteiger partial charge on any atom is -0.444 e. The van der Waals surface area contributed by atoms with Crippen LogP contribution in [0.1, 0.15) is 0 Å². The summed E-state index contributed by atoms with van der Waals surface area (Å²) in [5.74, 6) is 0.591. The molecular weight excluding hydrogens is 336 g/mol. The van der Waals surface area contributed by atoms with E-state index < -0.39 is 0 Å². The van der Waals surface area contributed by atoms with Crippen molar-refractivity contribution >= 4 is 27.7 Å². The molecule has 20 heavy (non-hydrogen) atoms. The average molecular weight is 347 g/mol.